The van der Waals surface area contributed by atoms with Gasteiger partial charge in [0.15, 0.2) is 52.0 Å². The topological polar surface area (TPSA) is 102 Å². The van der Waals surface area contributed by atoms with Gasteiger partial charge in [-0.2, -0.15) is 0 Å². The van der Waals surface area contributed by atoms with Gasteiger partial charge in [0.2, 0.25) is 66.9 Å². The molecule has 0 aromatic carbocycles. The van der Waals surface area contributed by atoms with Gasteiger partial charge >= 0.3 is 0 Å². The van der Waals surface area contributed by atoms with Crippen LogP contribution >= 0.6 is 592 Å². The lowest BCUT2D eigenvalue weighted by Gasteiger charge is -2.55. The highest BCUT2D eigenvalue weighted by atomic mass is 35.6. The van der Waals surface area contributed by atoms with Crippen LogP contribution in [0.2, 0.25) is 0 Å². The minimum absolute atomic E-state index is 3.19. The van der Waals surface area contributed by atoms with Crippen molar-refractivity contribution < 1.29 is 25.3 Å². The van der Waals surface area contributed by atoms with Crippen molar-refractivity contribution >= 4 is 621 Å². The Morgan fingerprint density at radius 2 is 0.224 bits per heavy atom. The Hall–Kier alpha value is 14.6. The molecule has 0 fully saturated rings. The molecule has 0 atom stereocenters. The molecular formula is C25HCl51O6S3. The molecule has 0 bridgehead atoms. The van der Waals surface area contributed by atoms with Crippen molar-refractivity contribution in [2.75, 3.05) is 0 Å². The zero-order valence-corrected chi connectivity index (χ0v) is 76.5. The van der Waals surface area contributed by atoms with E-state index >= 15 is 25.3 Å². The van der Waals surface area contributed by atoms with Crippen LogP contribution in [0.4, 0.5) is 0 Å². The van der Waals surface area contributed by atoms with Crippen molar-refractivity contribution in [1.82, 2.24) is 0 Å². The molecule has 512 valence electrons. The predicted molar refractivity (Wildman–Crippen MR) is 395 cm³/mol. The summed E-state index contributed by atoms with van der Waals surface area (Å²) < 4.78 is -10.1. The summed E-state index contributed by atoms with van der Waals surface area (Å²) in [5.41, 5.74) is 0. The van der Waals surface area contributed by atoms with E-state index in [0.717, 1.165) is 0 Å². The molecule has 0 spiro atoms. The first-order valence-corrected chi connectivity index (χ1v) is 41.1. The highest BCUT2D eigenvalue weighted by molar-refractivity contribution is 8.27. The maximum atomic E-state index is 15.7. The van der Waals surface area contributed by atoms with Crippen LogP contribution in [0.3, 0.4) is 0 Å². The molecule has 0 aliphatic rings. The number of hydrogen-bond donors (Lipinski definition) is 0. The Morgan fingerprint density at radius 3 is 0.318 bits per heavy atom. The third-order valence-corrected chi connectivity index (χ3v) is 57.0. The summed E-state index contributed by atoms with van der Waals surface area (Å²) in [5, 5.41) is 0. The second-order valence-corrected chi connectivity index (χ2v) is 58.8. The number of rotatable bonds is 24. The van der Waals surface area contributed by atoms with Gasteiger partial charge in [-0.25, -0.2) is 25.3 Å². The minimum Gasteiger partial charge on any atom is -0.223 e. The van der Waals surface area contributed by atoms with E-state index in [1.54, 1.807) is 0 Å². The minimum atomic E-state index is -7.86. The van der Waals surface area contributed by atoms with Gasteiger partial charge in [-0.05, 0) is 0 Å². The third-order valence-electron chi connectivity index (χ3n) is 9.91. The summed E-state index contributed by atoms with van der Waals surface area (Å²) in [5.74, 6) is 0. The van der Waals surface area contributed by atoms with E-state index in [1.807, 2.05) is 0 Å². The number of halogens is 51. The monoisotopic (exact) mass is 2280 g/mol. The molecule has 0 aromatic rings. The van der Waals surface area contributed by atoms with E-state index in [-0.39, 0.29) is 0 Å². The molecule has 60 heteroatoms. The smallest absolute Gasteiger partial charge is 0.223 e. The van der Waals surface area contributed by atoms with Gasteiger partial charge in [-0.1, -0.05) is 592 Å². The highest BCUT2D eigenvalue weighted by Gasteiger charge is 2.89. The molecule has 0 amide bonds. The lowest BCUT2D eigenvalue weighted by atomic mass is 10.1. The Balaban J connectivity index is 10.0. The predicted octanol–water partition coefficient (Wildman–Crippen LogP) is 28.1. The lowest BCUT2D eigenvalue weighted by molar-refractivity contribution is 0.462. The van der Waals surface area contributed by atoms with E-state index < -0.39 is 134 Å². The molecule has 0 unspecified atom stereocenters. The van der Waals surface area contributed by atoms with E-state index in [9.17, 15) is 0 Å². The van der Waals surface area contributed by atoms with E-state index in [0.29, 0.717) is 0 Å². The van der Waals surface area contributed by atoms with Crippen molar-refractivity contribution in [3.05, 3.63) is 0 Å². The van der Waals surface area contributed by atoms with Crippen LogP contribution < -0.4 is 0 Å². The first-order chi connectivity index (χ1) is 35.4. The Bertz CT molecular complexity index is 2540. The molecule has 0 aliphatic heterocycles. The van der Waals surface area contributed by atoms with Crippen LogP contribution in [0.1, 0.15) is 0 Å². The number of sulfone groups is 3. The van der Waals surface area contributed by atoms with Gasteiger partial charge in [0, 0.05) is 0 Å². The molecule has 0 heterocycles. The van der Waals surface area contributed by atoms with Crippen molar-refractivity contribution in [1.29, 1.82) is 0 Å². The molecular weight excluding hydrogens is 2300 g/mol. The summed E-state index contributed by atoms with van der Waals surface area (Å²) in [7, 11) is -23.6. The molecule has 0 rings (SSSR count). The van der Waals surface area contributed by atoms with Crippen LogP contribution in [0.5, 0.6) is 0 Å². The summed E-state index contributed by atoms with van der Waals surface area (Å²) in [4.78, 5) is 0. The van der Waals surface area contributed by atoms with Gasteiger partial charge in [0.05, 0.1) is 0 Å². The summed E-state index contributed by atoms with van der Waals surface area (Å²) >= 11 is 319. The van der Waals surface area contributed by atoms with Crippen LogP contribution in [0.15, 0.2) is 0 Å². The maximum Gasteiger partial charge on any atom is 0.272 e. The van der Waals surface area contributed by atoms with Crippen LogP contribution in [0.25, 0.3) is 0 Å². The highest BCUT2D eigenvalue weighted by Crippen LogP contribution is 2.78. The number of alkyl halides is 51. The van der Waals surface area contributed by atoms with Crippen LogP contribution in [-0.4, -0.2) is 130 Å². The van der Waals surface area contributed by atoms with Gasteiger partial charge in [-0.3, -0.25) is 0 Å². The molecule has 0 radical (unpaired) electrons. The standard InChI is InChI=1S/C25HCl51O6S3/c26-2(27,8(38,39)14(50,51)20(62,63)64)5(32,33)11(44,45)17(56,57)23(71,72)83(77,78)1(84(79,80)24(73,74)18(58,59)12(46,47)6(34,35)3(28,29)9(40,41)15(52,53)21(65,66)67)85(81,82)25(75,76)19(60,61)13(48,49)7(36,37)4(30,31)10(42,43)16(54,55)22(68,69)70/h1H. The zero-order chi connectivity index (χ0) is 71.1. The third kappa shape index (κ3) is 14.9. The molecule has 85 heavy (non-hydrogen) atoms. The molecule has 0 saturated carbocycles. The normalized spacial score (nSPS) is 17.5. The fraction of sp³-hybridized carbons (Fsp3) is 1.00. The maximum absolute atomic E-state index is 15.7. The van der Waals surface area contributed by atoms with E-state index in [1.165, 1.54) is 0 Å². The quantitative estimate of drug-likeness (QED) is 0.0892. The fourth-order valence-corrected chi connectivity index (χ4v) is 33.9. The fourth-order valence-electron chi connectivity index (χ4n) is 4.85. The molecule has 0 aliphatic carbocycles. The van der Waals surface area contributed by atoms with Gasteiger partial charge in [0.25, 0.3) is 14.9 Å². The van der Waals surface area contributed by atoms with Crippen molar-refractivity contribution in [3.8, 4) is 0 Å². The van der Waals surface area contributed by atoms with E-state index in [4.69, 9.17) is 592 Å². The van der Waals surface area contributed by atoms with Crippen molar-refractivity contribution in [3.63, 3.8) is 0 Å². The lowest BCUT2D eigenvalue weighted by Crippen LogP contribution is -2.73. The molecule has 6 nitrogen and oxygen atoms in total. The summed E-state index contributed by atoms with van der Waals surface area (Å²) in [6, 6.07) is 0. The second kappa shape index (κ2) is 29.1. The van der Waals surface area contributed by atoms with Crippen LogP contribution in [0, 0.1) is 0 Å². The average molecular weight is 2300 g/mol. The van der Waals surface area contributed by atoms with Crippen LogP contribution in [-0.2, 0) is 29.5 Å². The second-order valence-electron chi connectivity index (χ2n) is 15.3. The first kappa shape index (κ1) is 99.6. The number of hydrogen-bond acceptors (Lipinski definition) is 6. The summed E-state index contributed by atoms with van der Waals surface area (Å²) in [6.45, 7) is 0. The molecule has 0 saturated heterocycles. The van der Waals surface area contributed by atoms with Crippen molar-refractivity contribution in [2.45, 2.75) is 104 Å². The SMILES string of the molecule is O=S(=O)(C(S(=O)(=O)C(Cl)(Cl)C(Cl)(Cl)C(Cl)(Cl)C(Cl)(Cl)C(Cl)(Cl)C(Cl)(Cl)C(Cl)(Cl)C(Cl)(Cl)Cl)S(=O)(=O)C(Cl)(Cl)C(Cl)(Cl)C(Cl)(Cl)C(Cl)(Cl)C(Cl)(Cl)C(Cl)(Cl)C(Cl)(Cl)C(Cl)(Cl)Cl)C(Cl)(Cl)C(Cl)(Cl)C(Cl)(Cl)C(Cl)(Cl)C(Cl)(Cl)C(Cl)(Cl)C(Cl)(Cl)C(Cl)(Cl)Cl. The summed E-state index contributed by atoms with van der Waals surface area (Å²) in [6.07, 6.45) is 0. The Morgan fingerprint density at radius 1 is 0.141 bits per heavy atom. The Labute approximate surface area is 737 Å². The molecule has 0 aromatic heterocycles. The average Bonchev–Trinajstić information content (AvgIpc) is 3.23. The van der Waals surface area contributed by atoms with Gasteiger partial charge in [-0.15, -0.1) is 0 Å². The van der Waals surface area contributed by atoms with Crippen molar-refractivity contribution in [2.24, 2.45) is 0 Å². The Kier molecular flexibility index (Phi) is 34.2. The van der Waals surface area contributed by atoms with Gasteiger partial charge in [0.1, 0.15) is 0 Å². The largest absolute Gasteiger partial charge is 0.272 e. The zero-order valence-electron chi connectivity index (χ0n) is 35.5. The molecule has 0 N–H and O–H groups in total. The van der Waals surface area contributed by atoms with E-state index in [2.05, 4.69) is 0 Å². The van der Waals surface area contributed by atoms with Gasteiger partial charge < -0.3 is 0 Å². The first-order valence-electron chi connectivity index (χ1n) is 17.2.